The number of nitrogen functional groups attached to an aromatic ring is 1. The summed E-state index contributed by atoms with van der Waals surface area (Å²) in [7, 11) is -4.01. The van der Waals surface area contributed by atoms with Gasteiger partial charge in [-0.1, -0.05) is 11.6 Å². The average Bonchev–Trinajstić information content (AvgIpc) is 2.43. The highest BCUT2D eigenvalue weighted by molar-refractivity contribution is 7.92. The number of hydrogen-bond acceptors (Lipinski definition) is 4. The fourth-order valence-corrected chi connectivity index (χ4v) is 3.18. The molecule has 2 aromatic rings. The third-order valence-electron chi connectivity index (χ3n) is 2.61. The van der Waals surface area contributed by atoms with E-state index in [2.05, 4.69) is 4.72 Å². The van der Waals surface area contributed by atoms with Gasteiger partial charge in [0.25, 0.3) is 10.0 Å². The van der Waals surface area contributed by atoms with Crippen molar-refractivity contribution in [2.45, 2.75) is 4.90 Å². The summed E-state index contributed by atoms with van der Waals surface area (Å²) in [4.78, 5) is -0.326. The number of hydrogen-bond donors (Lipinski definition) is 2. The van der Waals surface area contributed by atoms with E-state index in [1.165, 1.54) is 24.3 Å². The summed E-state index contributed by atoms with van der Waals surface area (Å²) < 4.78 is 39.9. The third kappa shape index (κ3) is 3.24. The Balaban J connectivity index is 2.38. The van der Waals surface area contributed by atoms with E-state index >= 15 is 0 Å². The molecule has 0 amide bonds. The summed E-state index contributed by atoms with van der Waals surface area (Å²) in [5, 5.41) is 8.40. The van der Waals surface area contributed by atoms with Gasteiger partial charge in [0.1, 0.15) is 10.7 Å². The van der Waals surface area contributed by atoms with Crippen LogP contribution >= 0.6 is 11.6 Å². The van der Waals surface area contributed by atoms with E-state index in [9.17, 15) is 12.8 Å². The maximum Gasteiger partial charge on any atom is 0.263 e. The SMILES string of the molecule is N#Cc1ccc(NS(=O)(=O)c2cc(N)c(F)cc2Cl)cc1. The number of anilines is 2. The zero-order valence-corrected chi connectivity index (χ0v) is 12.0. The molecular weight excluding hydrogens is 317 g/mol. The Hall–Kier alpha value is -2.30. The minimum Gasteiger partial charge on any atom is -0.396 e. The molecule has 0 aromatic heterocycles. The predicted octanol–water partition coefficient (Wildman–Crippen LogP) is 2.73. The molecule has 0 unspecified atom stereocenters. The van der Waals surface area contributed by atoms with Gasteiger partial charge in [-0.15, -0.1) is 0 Å². The molecule has 0 fully saturated rings. The first-order valence-electron chi connectivity index (χ1n) is 5.61. The number of nitriles is 1. The molecule has 0 saturated heterocycles. The Kier molecular flexibility index (Phi) is 4.02. The van der Waals surface area contributed by atoms with Crippen LogP contribution in [-0.4, -0.2) is 8.42 Å². The van der Waals surface area contributed by atoms with Gasteiger partial charge >= 0.3 is 0 Å². The van der Waals surface area contributed by atoms with Crippen LogP contribution in [-0.2, 0) is 10.0 Å². The summed E-state index contributed by atoms with van der Waals surface area (Å²) in [5.41, 5.74) is 5.67. The highest BCUT2D eigenvalue weighted by Gasteiger charge is 2.20. The Morgan fingerprint density at radius 2 is 1.86 bits per heavy atom. The van der Waals surface area contributed by atoms with E-state index in [0.717, 1.165) is 12.1 Å². The van der Waals surface area contributed by atoms with E-state index in [-0.39, 0.29) is 21.3 Å². The van der Waals surface area contributed by atoms with Crippen LogP contribution in [0.1, 0.15) is 5.56 Å². The molecule has 0 saturated carbocycles. The predicted molar refractivity (Wildman–Crippen MR) is 77.8 cm³/mol. The lowest BCUT2D eigenvalue weighted by Crippen LogP contribution is -2.14. The van der Waals surface area contributed by atoms with Crippen LogP contribution in [0.4, 0.5) is 15.8 Å². The number of sulfonamides is 1. The number of nitrogens with one attached hydrogen (secondary N) is 1. The molecule has 0 aliphatic heterocycles. The van der Waals surface area contributed by atoms with Crippen LogP contribution < -0.4 is 10.5 Å². The second-order valence-corrected chi connectivity index (χ2v) is 6.16. The molecule has 21 heavy (non-hydrogen) atoms. The molecule has 0 bridgehead atoms. The van der Waals surface area contributed by atoms with Crippen molar-refractivity contribution in [2.75, 3.05) is 10.5 Å². The van der Waals surface area contributed by atoms with Gasteiger partial charge in [0, 0.05) is 5.69 Å². The van der Waals surface area contributed by atoms with E-state index in [1.54, 1.807) is 0 Å². The Morgan fingerprint density at radius 1 is 1.24 bits per heavy atom. The van der Waals surface area contributed by atoms with Crippen molar-refractivity contribution >= 4 is 33.0 Å². The third-order valence-corrected chi connectivity index (χ3v) is 4.45. The molecule has 0 spiro atoms. The smallest absolute Gasteiger partial charge is 0.263 e. The quantitative estimate of drug-likeness (QED) is 0.848. The second-order valence-electron chi connectivity index (χ2n) is 4.10. The fourth-order valence-electron chi connectivity index (χ4n) is 1.57. The highest BCUT2D eigenvalue weighted by atomic mass is 35.5. The second kappa shape index (κ2) is 5.60. The van der Waals surface area contributed by atoms with Crippen LogP contribution in [0.25, 0.3) is 0 Å². The largest absolute Gasteiger partial charge is 0.396 e. The lowest BCUT2D eigenvalue weighted by atomic mass is 10.2. The van der Waals surface area contributed by atoms with Gasteiger partial charge in [0.15, 0.2) is 0 Å². The molecule has 8 heteroatoms. The van der Waals surface area contributed by atoms with Crippen LogP contribution in [0.2, 0.25) is 5.02 Å². The Labute approximate surface area is 125 Å². The van der Waals surface area contributed by atoms with Crippen molar-refractivity contribution in [1.29, 1.82) is 5.26 Å². The molecule has 3 N–H and O–H groups in total. The van der Waals surface area contributed by atoms with E-state index in [1.807, 2.05) is 6.07 Å². The summed E-state index contributed by atoms with van der Waals surface area (Å²) >= 11 is 5.74. The minimum absolute atomic E-state index is 0.243. The van der Waals surface area contributed by atoms with Crippen LogP contribution in [0.5, 0.6) is 0 Å². The molecule has 0 radical (unpaired) electrons. The highest BCUT2D eigenvalue weighted by Crippen LogP contribution is 2.28. The van der Waals surface area contributed by atoms with Crippen molar-refractivity contribution in [3.05, 3.63) is 52.8 Å². The summed E-state index contributed by atoms with van der Waals surface area (Å²) in [6.45, 7) is 0. The molecule has 2 rings (SSSR count). The average molecular weight is 326 g/mol. The Morgan fingerprint density at radius 3 is 2.43 bits per heavy atom. The van der Waals surface area contributed by atoms with Crippen molar-refractivity contribution in [3.63, 3.8) is 0 Å². The Bertz CT molecular complexity index is 830. The van der Waals surface area contributed by atoms with Gasteiger partial charge in [0.05, 0.1) is 22.3 Å². The van der Waals surface area contributed by atoms with Crippen LogP contribution in [0.15, 0.2) is 41.3 Å². The molecular formula is C13H9ClFN3O2S. The number of benzene rings is 2. The molecule has 0 aliphatic carbocycles. The number of nitrogens with zero attached hydrogens (tertiary/aromatic N) is 1. The van der Waals surface area contributed by atoms with Crippen molar-refractivity contribution in [1.82, 2.24) is 0 Å². The maximum absolute atomic E-state index is 13.2. The summed E-state index contributed by atoms with van der Waals surface area (Å²) in [6.07, 6.45) is 0. The molecule has 0 heterocycles. The van der Waals surface area contributed by atoms with Crippen LogP contribution in [0, 0.1) is 17.1 Å². The fraction of sp³-hybridized carbons (Fsp3) is 0. The first-order valence-corrected chi connectivity index (χ1v) is 7.47. The summed E-state index contributed by atoms with van der Waals surface area (Å²) in [5.74, 6) is -0.794. The van der Waals surface area contributed by atoms with E-state index < -0.39 is 15.8 Å². The van der Waals surface area contributed by atoms with Gasteiger partial charge in [0.2, 0.25) is 0 Å². The normalized spacial score (nSPS) is 10.9. The molecule has 0 atom stereocenters. The van der Waals surface area contributed by atoms with E-state index in [0.29, 0.717) is 5.56 Å². The topological polar surface area (TPSA) is 96.0 Å². The lowest BCUT2D eigenvalue weighted by Gasteiger charge is -2.10. The molecule has 2 aromatic carbocycles. The number of nitrogens with two attached hydrogens (primary N) is 1. The monoisotopic (exact) mass is 325 g/mol. The number of halogens is 2. The van der Waals surface area contributed by atoms with Gasteiger partial charge in [-0.2, -0.15) is 5.26 Å². The standard InChI is InChI=1S/C13H9ClFN3O2S/c14-10-5-11(15)12(17)6-13(10)21(19,20)18-9-3-1-8(7-16)2-4-9/h1-6,18H,17H2. The lowest BCUT2D eigenvalue weighted by molar-refractivity contribution is 0.600. The minimum atomic E-state index is -4.01. The first-order chi connectivity index (χ1) is 9.83. The maximum atomic E-state index is 13.2. The number of rotatable bonds is 3. The van der Waals surface area contributed by atoms with Crippen LogP contribution in [0.3, 0.4) is 0 Å². The van der Waals surface area contributed by atoms with Gasteiger partial charge in [-0.3, -0.25) is 4.72 Å². The van der Waals surface area contributed by atoms with Gasteiger partial charge in [-0.05, 0) is 36.4 Å². The van der Waals surface area contributed by atoms with Gasteiger partial charge < -0.3 is 5.73 Å². The van der Waals surface area contributed by atoms with E-state index in [4.69, 9.17) is 22.6 Å². The zero-order valence-electron chi connectivity index (χ0n) is 10.5. The molecule has 108 valence electrons. The summed E-state index contributed by atoms with van der Waals surface area (Å²) in [6, 6.07) is 9.47. The van der Waals surface area contributed by atoms with Crippen molar-refractivity contribution in [2.24, 2.45) is 0 Å². The molecule has 0 aliphatic rings. The first kappa shape index (κ1) is 15.1. The molecule has 5 nitrogen and oxygen atoms in total. The zero-order chi connectivity index (χ0) is 15.6. The van der Waals surface area contributed by atoms with Crippen molar-refractivity contribution in [3.8, 4) is 6.07 Å². The van der Waals surface area contributed by atoms with Gasteiger partial charge in [-0.25, -0.2) is 12.8 Å². The van der Waals surface area contributed by atoms with Crippen molar-refractivity contribution < 1.29 is 12.8 Å².